The van der Waals surface area contributed by atoms with Gasteiger partial charge >= 0.3 is 0 Å². The molecule has 1 aromatic heterocycles. The summed E-state index contributed by atoms with van der Waals surface area (Å²) in [6, 6.07) is 7.75. The number of carbonyl (C=O) groups is 1. The lowest BCUT2D eigenvalue weighted by molar-refractivity contribution is -0.122. The second-order valence-corrected chi connectivity index (χ2v) is 4.97. The molecule has 112 valence electrons. The first-order valence-electron chi connectivity index (χ1n) is 7.26. The fraction of sp³-hybridized carbons (Fsp3) is 0.375. The number of nitrogen functional groups attached to an aromatic ring is 1. The molecule has 3 N–H and O–H groups in total. The van der Waals surface area contributed by atoms with Crippen molar-refractivity contribution < 1.29 is 4.79 Å². The van der Waals surface area contributed by atoms with Crippen LogP contribution in [-0.2, 0) is 11.3 Å². The maximum Gasteiger partial charge on any atom is 0.234 e. The van der Waals surface area contributed by atoms with Crippen molar-refractivity contribution in [2.24, 2.45) is 0 Å². The molecular formula is C16H22N4O. The van der Waals surface area contributed by atoms with Crippen LogP contribution in [0.4, 0.5) is 5.69 Å². The van der Waals surface area contributed by atoms with Gasteiger partial charge in [0.25, 0.3) is 0 Å². The predicted molar refractivity (Wildman–Crippen MR) is 85.8 cm³/mol. The molecule has 2 aromatic rings. The molecule has 0 bridgehead atoms. The summed E-state index contributed by atoms with van der Waals surface area (Å²) in [7, 11) is 0. The number of rotatable bonds is 6. The van der Waals surface area contributed by atoms with Crippen molar-refractivity contribution in [1.82, 2.24) is 15.2 Å². The minimum atomic E-state index is 0.0482. The number of aromatic nitrogens is 1. The van der Waals surface area contributed by atoms with Crippen LogP contribution >= 0.6 is 0 Å². The van der Waals surface area contributed by atoms with Gasteiger partial charge in [0.1, 0.15) is 0 Å². The van der Waals surface area contributed by atoms with Gasteiger partial charge < -0.3 is 11.1 Å². The van der Waals surface area contributed by atoms with Crippen LogP contribution in [0.1, 0.15) is 19.4 Å². The minimum Gasteiger partial charge on any atom is -0.398 e. The second-order valence-electron chi connectivity index (χ2n) is 4.97. The zero-order chi connectivity index (χ0) is 15.2. The lowest BCUT2D eigenvalue weighted by Crippen LogP contribution is -2.36. The number of nitrogens with two attached hydrogens (primary N) is 1. The second kappa shape index (κ2) is 7.04. The number of fused-ring (bicyclic) bond motifs is 1. The Morgan fingerprint density at radius 3 is 2.86 bits per heavy atom. The van der Waals surface area contributed by atoms with Crippen LogP contribution in [0.3, 0.4) is 0 Å². The summed E-state index contributed by atoms with van der Waals surface area (Å²) in [5.41, 5.74) is 8.72. The van der Waals surface area contributed by atoms with Gasteiger partial charge in [0.15, 0.2) is 0 Å². The summed E-state index contributed by atoms with van der Waals surface area (Å²) in [5, 5.41) is 3.79. The molecule has 1 heterocycles. The van der Waals surface area contributed by atoms with E-state index in [4.69, 9.17) is 5.73 Å². The average molecular weight is 286 g/mol. The molecule has 1 aromatic carbocycles. The number of hydrogen-bond acceptors (Lipinski definition) is 4. The third-order valence-corrected chi connectivity index (χ3v) is 3.47. The van der Waals surface area contributed by atoms with Crippen LogP contribution in [0.2, 0.25) is 0 Å². The van der Waals surface area contributed by atoms with Crippen LogP contribution in [-0.4, -0.2) is 35.4 Å². The molecule has 0 fully saturated rings. The van der Waals surface area contributed by atoms with Gasteiger partial charge in [-0.25, -0.2) is 0 Å². The van der Waals surface area contributed by atoms with E-state index in [0.29, 0.717) is 19.6 Å². The molecule has 1 amide bonds. The third-order valence-electron chi connectivity index (χ3n) is 3.47. The largest absolute Gasteiger partial charge is 0.398 e. The first kappa shape index (κ1) is 15.3. The fourth-order valence-corrected chi connectivity index (χ4v) is 2.36. The number of likely N-dealkylation sites (N-methyl/N-ethyl adjacent to an activating group) is 2. The van der Waals surface area contributed by atoms with Crippen molar-refractivity contribution >= 4 is 22.5 Å². The van der Waals surface area contributed by atoms with Gasteiger partial charge in [-0.1, -0.05) is 13.0 Å². The van der Waals surface area contributed by atoms with Crippen LogP contribution in [0.25, 0.3) is 10.9 Å². The summed E-state index contributed by atoms with van der Waals surface area (Å²) < 4.78 is 0. The quantitative estimate of drug-likeness (QED) is 0.794. The van der Waals surface area contributed by atoms with E-state index in [1.807, 2.05) is 38.1 Å². The van der Waals surface area contributed by atoms with Crippen LogP contribution in [0.15, 0.2) is 30.5 Å². The van der Waals surface area contributed by atoms with Gasteiger partial charge in [-0.3, -0.25) is 14.7 Å². The summed E-state index contributed by atoms with van der Waals surface area (Å²) in [6.45, 7) is 6.50. The Morgan fingerprint density at radius 2 is 2.14 bits per heavy atom. The monoisotopic (exact) mass is 286 g/mol. The normalized spacial score (nSPS) is 11.0. The molecule has 0 aliphatic heterocycles. The highest BCUT2D eigenvalue weighted by molar-refractivity contribution is 5.92. The molecular weight excluding hydrogens is 264 g/mol. The lowest BCUT2D eigenvalue weighted by atomic mass is 10.1. The number of anilines is 1. The first-order valence-corrected chi connectivity index (χ1v) is 7.26. The summed E-state index contributed by atoms with van der Waals surface area (Å²) in [5.74, 6) is 0.0482. The molecule has 21 heavy (non-hydrogen) atoms. The van der Waals surface area contributed by atoms with Crippen molar-refractivity contribution in [2.75, 3.05) is 25.4 Å². The number of amides is 1. The fourth-order valence-electron chi connectivity index (χ4n) is 2.36. The Hall–Kier alpha value is -2.14. The molecule has 2 rings (SSSR count). The smallest absolute Gasteiger partial charge is 0.234 e. The van der Waals surface area contributed by atoms with E-state index in [-0.39, 0.29) is 5.91 Å². The lowest BCUT2D eigenvalue weighted by Gasteiger charge is -2.20. The molecule has 5 nitrogen and oxygen atoms in total. The number of nitrogens with one attached hydrogen (secondary N) is 1. The van der Waals surface area contributed by atoms with Crippen molar-refractivity contribution in [3.05, 3.63) is 36.0 Å². The van der Waals surface area contributed by atoms with Crippen LogP contribution in [0, 0.1) is 0 Å². The molecule has 0 radical (unpaired) electrons. The Morgan fingerprint density at radius 1 is 1.33 bits per heavy atom. The van der Waals surface area contributed by atoms with E-state index in [2.05, 4.69) is 15.2 Å². The van der Waals surface area contributed by atoms with Crippen molar-refractivity contribution in [3.63, 3.8) is 0 Å². The SMILES string of the molecule is CCNC(=O)CN(CC)Cc1ccc(N)c2cccnc12. The third kappa shape index (κ3) is 3.70. The highest BCUT2D eigenvalue weighted by Crippen LogP contribution is 2.23. The molecule has 0 unspecified atom stereocenters. The number of carbonyl (C=O) groups excluding carboxylic acids is 1. The van der Waals surface area contributed by atoms with Crippen molar-refractivity contribution in [3.8, 4) is 0 Å². The number of benzene rings is 1. The van der Waals surface area contributed by atoms with Crippen LogP contribution in [0.5, 0.6) is 0 Å². The number of pyridine rings is 1. The summed E-state index contributed by atoms with van der Waals surface area (Å²) >= 11 is 0. The van der Waals surface area contributed by atoms with E-state index >= 15 is 0 Å². The Labute approximate surface area is 125 Å². The highest BCUT2D eigenvalue weighted by Gasteiger charge is 2.12. The van der Waals surface area contributed by atoms with E-state index in [0.717, 1.165) is 28.7 Å². The molecule has 0 aliphatic carbocycles. The zero-order valence-corrected chi connectivity index (χ0v) is 12.6. The van der Waals surface area contributed by atoms with Crippen molar-refractivity contribution in [2.45, 2.75) is 20.4 Å². The van der Waals surface area contributed by atoms with Crippen LogP contribution < -0.4 is 11.1 Å². The Kier molecular flexibility index (Phi) is 5.11. The highest BCUT2D eigenvalue weighted by atomic mass is 16.2. The van der Waals surface area contributed by atoms with Gasteiger partial charge in [-0.15, -0.1) is 0 Å². The van der Waals surface area contributed by atoms with Crippen molar-refractivity contribution in [1.29, 1.82) is 0 Å². The van der Waals surface area contributed by atoms with Gasteiger partial charge in [0.2, 0.25) is 5.91 Å². The van der Waals surface area contributed by atoms with E-state index in [1.54, 1.807) is 6.20 Å². The van der Waals surface area contributed by atoms with Gasteiger partial charge in [-0.05, 0) is 37.2 Å². The zero-order valence-electron chi connectivity index (χ0n) is 12.6. The van der Waals surface area contributed by atoms with E-state index in [1.165, 1.54) is 0 Å². The summed E-state index contributed by atoms with van der Waals surface area (Å²) in [4.78, 5) is 18.3. The van der Waals surface area contributed by atoms with Gasteiger partial charge in [0.05, 0.1) is 12.1 Å². The Bertz CT molecular complexity index is 627. The molecule has 5 heteroatoms. The van der Waals surface area contributed by atoms with E-state index in [9.17, 15) is 4.79 Å². The molecule has 0 aliphatic rings. The van der Waals surface area contributed by atoms with Gasteiger partial charge in [-0.2, -0.15) is 0 Å². The summed E-state index contributed by atoms with van der Waals surface area (Å²) in [6.07, 6.45) is 1.77. The number of nitrogens with zero attached hydrogens (tertiary/aromatic N) is 2. The topological polar surface area (TPSA) is 71.2 Å². The molecule has 0 saturated heterocycles. The van der Waals surface area contributed by atoms with Gasteiger partial charge in [0, 0.05) is 30.4 Å². The molecule has 0 saturated carbocycles. The maximum absolute atomic E-state index is 11.7. The maximum atomic E-state index is 11.7. The predicted octanol–water partition coefficient (Wildman–Crippen LogP) is 1.77. The molecule has 0 atom stereocenters. The minimum absolute atomic E-state index is 0.0482. The molecule has 0 spiro atoms. The van der Waals surface area contributed by atoms with E-state index < -0.39 is 0 Å². The average Bonchev–Trinajstić information content (AvgIpc) is 2.49. The first-order chi connectivity index (χ1) is 10.2. The number of hydrogen-bond donors (Lipinski definition) is 2. The standard InChI is InChI=1S/C16H22N4O/c1-3-18-15(21)11-20(4-2)10-12-7-8-14(17)13-6-5-9-19-16(12)13/h5-9H,3-4,10-11,17H2,1-2H3,(H,18,21). The Balaban J connectivity index is 2.22.